The normalized spacial score (nSPS) is 11.3. The van der Waals surface area contributed by atoms with Crippen LogP contribution in [0.25, 0.3) is 77.6 Å². The van der Waals surface area contributed by atoms with Crippen molar-refractivity contribution >= 4 is 32.6 Å². The van der Waals surface area contributed by atoms with E-state index in [0.29, 0.717) is 0 Å². The summed E-state index contributed by atoms with van der Waals surface area (Å²) in [6.45, 7) is 0. The van der Waals surface area contributed by atoms with Gasteiger partial charge in [0.15, 0.2) is 5.82 Å². The summed E-state index contributed by atoms with van der Waals surface area (Å²) in [5.74, 6) is 0.717. The van der Waals surface area contributed by atoms with Gasteiger partial charge in [0.25, 0.3) is 0 Å². The van der Waals surface area contributed by atoms with E-state index in [2.05, 4.69) is 127 Å². The number of pyridine rings is 1. The largest absolute Gasteiger partial charge is 0.247 e. The number of aromatic nitrogens is 3. The number of rotatable bonds is 4. The lowest BCUT2D eigenvalue weighted by Crippen LogP contribution is -1.95. The minimum absolute atomic E-state index is 0.717. The van der Waals surface area contributed by atoms with E-state index in [4.69, 9.17) is 15.0 Å². The maximum Gasteiger partial charge on any atom is 0.160 e. The molecule has 0 radical (unpaired) electrons. The molecular formula is C39H25N3. The molecule has 0 aliphatic carbocycles. The van der Waals surface area contributed by atoms with Crippen LogP contribution >= 0.6 is 0 Å². The van der Waals surface area contributed by atoms with Gasteiger partial charge in [0, 0.05) is 32.8 Å². The minimum atomic E-state index is 0.717. The second kappa shape index (κ2) is 10.1. The molecule has 0 amide bonds. The Bertz CT molecular complexity index is 2220. The van der Waals surface area contributed by atoms with E-state index in [-0.39, 0.29) is 0 Å². The Balaban J connectivity index is 1.22. The average molecular weight is 536 g/mol. The topological polar surface area (TPSA) is 38.7 Å². The van der Waals surface area contributed by atoms with Crippen LogP contribution in [0.4, 0.5) is 0 Å². The summed E-state index contributed by atoms with van der Waals surface area (Å²) in [7, 11) is 0. The first-order chi connectivity index (χ1) is 20.8. The predicted molar refractivity (Wildman–Crippen MR) is 174 cm³/mol. The lowest BCUT2D eigenvalue weighted by molar-refractivity contribution is 1.23. The zero-order chi connectivity index (χ0) is 27.9. The predicted octanol–water partition coefficient (Wildman–Crippen LogP) is 10.00. The first-order valence-corrected chi connectivity index (χ1v) is 14.1. The van der Waals surface area contributed by atoms with E-state index < -0.39 is 0 Å². The molecule has 0 unspecified atom stereocenters. The van der Waals surface area contributed by atoms with Crippen molar-refractivity contribution in [2.24, 2.45) is 0 Å². The summed E-state index contributed by atoms with van der Waals surface area (Å²) in [4.78, 5) is 15.1. The third-order valence-electron chi connectivity index (χ3n) is 7.89. The molecule has 2 heterocycles. The van der Waals surface area contributed by atoms with Crippen LogP contribution in [-0.2, 0) is 0 Å². The molecule has 0 N–H and O–H groups in total. The van der Waals surface area contributed by atoms with Gasteiger partial charge < -0.3 is 0 Å². The molecule has 0 bridgehead atoms. The van der Waals surface area contributed by atoms with Crippen molar-refractivity contribution in [1.29, 1.82) is 0 Å². The minimum Gasteiger partial charge on any atom is -0.247 e. The Morgan fingerprint density at radius 3 is 1.40 bits per heavy atom. The summed E-state index contributed by atoms with van der Waals surface area (Å²) in [6.07, 6.45) is 0. The molecule has 42 heavy (non-hydrogen) atoms. The molecule has 0 fully saturated rings. The maximum absolute atomic E-state index is 5.11. The van der Waals surface area contributed by atoms with Crippen molar-refractivity contribution in [2.45, 2.75) is 0 Å². The first-order valence-electron chi connectivity index (χ1n) is 14.1. The van der Waals surface area contributed by atoms with Gasteiger partial charge in [0.2, 0.25) is 0 Å². The monoisotopic (exact) mass is 535 g/mol. The highest BCUT2D eigenvalue weighted by molar-refractivity contribution is 6.10. The Morgan fingerprint density at radius 2 is 0.714 bits per heavy atom. The molecule has 6 aromatic carbocycles. The van der Waals surface area contributed by atoms with Crippen LogP contribution in [0, 0.1) is 0 Å². The number of fused-ring (bicyclic) bond motifs is 4. The molecule has 2 aromatic heterocycles. The molecule has 3 nitrogen and oxygen atoms in total. The SMILES string of the molecule is c1ccc(-c2ccc(-c3nc(-c4ccc(-c5nc6ccccc6c6ccccc56)cc4)c4ccccc4n3)cc2)cc1. The summed E-state index contributed by atoms with van der Waals surface area (Å²) in [6, 6.07) is 52.6. The van der Waals surface area contributed by atoms with E-state index in [0.717, 1.165) is 55.7 Å². The van der Waals surface area contributed by atoms with Crippen molar-refractivity contribution in [3.05, 3.63) is 152 Å². The van der Waals surface area contributed by atoms with Gasteiger partial charge in [-0.1, -0.05) is 140 Å². The smallest absolute Gasteiger partial charge is 0.160 e. The molecule has 0 atom stereocenters. The van der Waals surface area contributed by atoms with Crippen LogP contribution in [0.3, 0.4) is 0 Å². The van der Waals surface area contributed by atoms with Gasteiger partial charge >= 0.3 is 0 Å². The van der Waals surface area contributed by atoms with Crippen molar-refractivity contribution in [2.75, 3.05) is 0 Å². The van der Waals surface area contributed by atoms with Crippen molar-refractivity contribution < 1.29 is 0 Å². The Hall–Kier alpha value is -5.67. The van der Waals surface area contributed by atoms with E-state index in [1.165, 1.54) is 21.9 Å². The number of para-hydroxylation sites is 2. The third-order valence-corrected chi connectivity index (χ3v) is 7.89. The molecule has 196 valence electrons. The number of benzene rings is 6. The second-order valence-electron chi connectivity index (χ2n) is 10.5. The van der Waals surface area contributed by atoms with Crippen molar-refractivity contribution in [1.82, 2.24) is 15.0 Å². The Morgan fingerprint density at radius 1 is 0.262 bits per heavy atom. The number of hydrogen-bond acceptors (Lipinski definition) is 3. The summed E-state index contributed by atoms with van der Waals surface area (Å²) >= 11 is 0. The standard InChI is InChI=1S/C39H25N3/c1-2-10-26(11-3-1)27-18-24-30(25-19-27)39-41-36-17-9-7-15-34(36)38(42-39)29-22-20-28(21-23-29)37-33-14-5-4-12-31(33)32-13-6-8-16-35(32)40-37/h1-25H. The van der Waals surface area contributed by atoms with E-state index >= 15 is 0 Å². The van der Waals surface area contributed by atoms with E-state index in [1.54, 1.807) is 0 Å². The zero-order valence-corrected chi connectivity index (χ0v) is 22.8. The molecule has 0 saturated carbocycles. The fourth-order valence-corrected chi connectivity index (χ4v) is 5.78. The van der Waals surface area contributed by atoms with Gasteiger partial charge in [0.05, 0.1) is 22.4 Å². The lowest BCUT2D eigenvalue weighted by atomic mass is 9.98. The highest BCUT2D eigenvalue weighted by Gasteiger charge is 2.14. The quantitative estimate of drug-likeness (QED) is 0.211. The van der Waals surface area contributed by atoms with Crippen LogP contribution < -0.4 is 0 Å². The maximum atomic E-state index is 5.11. The highest BCUT2D eigenvalue weighted by Crippen LogP contribution is 2.35. The fraction of sp³-hybridized carbons (Fsp3) is 0. The van der Waals surface area contributed by atoms with E-state index in [9.17, 15) is 0 Å². The summed E-state index contributed by atoms with van der Waals surface area (Å²) < 4.78 is 0. The summed E-state index contributed by atoms with van der Waals surface area (Å²) in [5.41, 5.74) is 9.32. The lowest BCUT2D eigenvalue weighted by Gasteiger charge is -2.12. The van der Waals surface area contributed by atoms with Crippen LogP contribution in [0.2, 0.25) is 0 Å². The Kier molecular flexibility index (Phi) is 5.79. The zero-order valence-electron chi connectivity index (χ0n) is 22.8. The van der Waals surface area contributed by atoms with Gasteiger partial charge in [-0.2, -0.15) is 0 Å². The van der Waals surface area contributed by atoms with Gasteiger partial charge in [-0.05, 0) is 28.6 Å². The Labute approximate surface area is 243 Å². The van der Waals surface area contributed by atoms with Gasteiger partial charge in [0.1, 0.15) is 0 Å². The highest BCUT2D eigenvalue weighted by atomic mass is 14.9. The molecule has 8 rings (SSSR count). The molecule has 0 saturated heterocycles. The van der Waals surface area contributed by atoms with Crippen LogP contribution in [-0.4, -0.2) is 15.0 Å². The van der Waals surface area contributed by atoms with Crippen LogP contribution in [0.15, 0.2) is 152 Å². The molecule has 3 heteroatoms. The molecular weight excluding hydrogens is 510 g/mol. The van der Waals surface area contributed by atoms with Crippen LogP contribution in [0.5, 0.6) is 0 Å². The van der Waals surface area contributed by atoms with Gasteiger partial charge in [-0.15, -0.1) is 0 Å². The molecule has 0 aliphatic rings. The molecule has 0 spiro atoms. The third kappa shape index (κ3) is 4.20. The van der Waals surface area contributed by atoms with Crippen molar-refractivity contribution in [3.63, 3.8) is 0 Å². The van der Waals surface area contributed by atoms with Crippen molar-refractivity contribution in [3.8, 4) is 45.0 Å². The average Bonchev–Trinajstić information content (AvgIpc) is 3.08. The van der Waals surface area contributed by atoms with E-state index in [1.807, 2.05) is 24.3 Å². The number of nitrogens with zero attached hydrogens (tertiary/aromatic N) is 3. The summed E-state index contributed by atoms with van der Waals surface area (Å²) in [5, 5.41) is 4.57. The van der Waals surface area contributed by atoms with Gasteiger partial charge in [-0.3, -0.25) is 0 Å². The second-order valence-corrected chi connectivity index (χ2v) is 10.5. The first kappa shape index (κ1) is 24.2. The molecule has 8 aromatic rings. The molecule has 0 aliphatic heterocycles. The van der Waals surface area contributed by atoms with Crippen LogP contribution in [0.1, 0.15) is 0 Å². The number of hydrogen-bond donors (Lipinski definition) is 0. The van der Waals surface area contributed by atoms with Gasteiger partial charge in [-0.25, -0.2) is 15.0 Å². The fourth-order valence-electron chi connectivity index (χ4n) is 5.78.